The van der Waals surface area contributed by atoms with Crippen LogP contribution in [0.3, 0.4) is 0 Å². The number of imidazole rings is 1. The molecule has 2 fully saturated rings. The maximum absolute atomic E-state index is 12.9. The van der Waals surface area contributed by atoms with E-state index in [0.717, 1.165) is 28.4 Å². The zero-order valence-corrected chi connectivity index (χ0v) is 18.3. The van der Waals surface area contributed by atoms with Gasteiger partial charge in [-0.1, -0.05) is 12.8 Å². The highest BCUT2D eigenvalue weighted by Gasteiger charge is 2.30. The first-order valence-electron chi connectivity index (χ1n) is 11.3. The summed E-state index contributed by atoms with van der Waals surface area (Å²) in [6.45, 7) is 6.46. The van der Waals surface area contributed by atoms with Gasteiger partial charge in [0, 0.05) is 37.1 Å². The van der Waals surface area contributed by atoms with Gasteiger partial charge < -0.3 is 14.2 Å². The van der Waals surface area contributed by atoms with E-state index in [1.54, 1.807) is 0 Å². The van der Waals surface area contributed by atoms with Crippen molar-refractivity contribution in [3.8, 4) is 0 Å². The second kappa shape index (κ2) is 8.42. The number of aryl methyl sites for hydroxylation is 2. The molecule has 0 radical (unpaired) electrons. The molecule has 1 aliphatic carbocycles. The fraction of sp³-hybridized carbons (Fsp3) is 0.565. The smallest absolute Gasteiger partial charge is 0.223 e. The minimum Gasteiger partial charge on any atom is -0.368 e. The molecule has 1 aliphatic heterocycles. The van der Waals surface area contributed by atoms with E-state index in [4.69, 9.17) is 9.84 Å². The average molecular weight is 423 g/mol. The van der Waals surface area contributed by atoms with Gasteiger partial charge in [0.25, 0.3) is 0 Å². The number of amides is 1. The fourth-order valence-corrected chi connectivity index (χ4v) is 4.93. The topological polar surface area (TPSA) is 77.5 Å². The van der Waals surface area contributed by atoms with E-state index in [2.05, 4.69) is 14.5 Å². The Balaban J connectivity index is 1.38. The summed E-state index contributed by atoms with van der Waals surface area (Å²) < 4.78 is 10.1. The molecule has 4 heterocycles. The molecule has 5 rings (SSSR count). The predicted octanol–water partition coefficient (Wildman–Crippen LogP) is 3.07. The number of ether oxygens (including phenoxy) is 1. The van der Waals surface area contributed by atoms with Gasteiger partial charge in [0.1, 0.15) is 11.9 Å². The standard InChI is InChI=1S/C23H30N6O2/c1-16-19(14-27-10-9-24-17(27)2)23-25-8-7-20(29(23)26-16)21-15-28(11-12-31-21)22(30)13-18-5-3-4-6-18/h7-10,18,21H,3-6,11-15H2,1-2H3. The normalized spacial score (nSPS) is 20.1. The van der Waals surface area contributed by atoms with Crippen molar-refractivity contribution in [2.24, 2.45) is 5.92 Å². The van der Waals surface area contributed by atoms with Crippen molar-refractivity contribution in [2.45, 2.75) is 58.6 Å². The fourth-order valence-electron chi connectivity index (χ4n) is 4.93. The van der Waals surface area contributed by atoms with Crippen molar-refractivity contribution in [3.05, 3.63) is 47.4 Å². The molecule has 31 heavy (non-hydrogen) atoms. The molecule has 0 N–H and O–H groups in total. The van der Waals surface area contributed by atoms with Crippen molar-refractivity contribution >= 4 is 11.6 Å². The number of fused-ring (bicyclic) bond motifs is 1. The summed E-state index contributed by atoms with van der Waals surface area (Å²) in [5, 5.41) is 4.79. The first-order valence-corrected chi connectivity index (χ1v) is 11.3. The summed E-state index contributed by atoms with van der Waals surface area (Å²) >= 11 is 0. The lowest BCUT2D eigenvalue weighted by Gasteiger charge is -2.33. The number of nitrogens with zero attached hydrogens (tertiary/aromatic N) is 6. The number of rotatable bonds is 5. The summed E-state index contributed by atoms with van der Waals surface area (Å²) in [6.07, 6.45) is 11.0. The third kappa shape index (κ3) is 3.96. The molecule has 3 aromatic rings. The van der Waals surface area contributed by atoms with Crippen LogP contribution >= 0.6 is 0 Å². The van der Waals surface area contributed by atoms with Crippen LogP contribution in [0.25, 0.3) is 5.65 Å². The number of morpholine rings is 1. The summed E-state index contributed by atoms with van der Waals surface area (Å²) in [5.74, 6) is 1.78. The van der Waals surface area contributed by atoms with Crippen LogP contribution in [0.5, 0.6) is 0 Å². The van der Waals surface area contributed by atoms with E-state index >= 15 is 0 Å². The molecule has 0 aromatic carbocycles. The highest BCUT2D eigenvalue weighted by atomic mass is 16.5. The van der Waals surface area contributed by atoms with Gasteiger partial charge in [0.2, 0.25) is 5.91 Å². The van der Waals surface area contributed by atoms with Gasteiger partial charge in [-0.2, -0.15) is 5.10 Å². The van der Waals surface area contributed by atoms with Gasteiger partial charge in [-0.05, 0) is 38.7 Å². The first-order chi connectivity index (χ1) is 15.1. The van der Waals surface area contributed by atoms with Crippen molar-refractivity contribution in [3.63, 3.8) is 0 Å². The monoisotopic (exact) mass is 422 g/mol. The molecule has 0 spiro atoms. The van der Waals surface area contributed by atoms with Crippen LogP contribution in [0, 0.1) is 19.8 Å². The van der Waals surface area contributed by atoms with Crippen molar-refractivity contribution in [2.75, 3.05) is 19.7 Å². The molecule has 0 bridgehead atoms. The summed E-state index contributed by atoms with van der Waals surface area (Å²) in [6, 6.07) is 1.96. The summed E-state index contributed by atoms with van der Waals surface area (Å²) in [7, 11) is 0. The predicted molar refractivity (Wildman–Crippen MR) is 116 cm³/mol. The number of hydrogen-bond acceptors (Lipinski definition) is 5. The quantitative estimate of drug-likeness (QED) is 0.632. The Morgan fingerprint density at radius 2 is 2.03 bits per heavy atom. The van der Waals surface area contributed by atoms with Gasteiger partial charge >= 0.3 is 0 Å². The largest absolute Gasteiger partial charge is 0.368 e. The molecule has 8 nitrogen and oxygen atoms in total. The van der Waals surface area contributed by atoms with Gasteiger partial charge in [0.05, 0.1) is 31.1 Å². The molecule has 1 amide bonds. The highest BCUT2D eigenvalue weighted by molar-refractivity contribution is 5.76. The van der Waals surface area contributed by atoms with E-state index in [9.17, 15) is 4.79 Å². The molecular formula is C23H30N6O2. The zero-order valence-electron chi connectivity index (χ0n) is 18.3. The van der Waals surface area contributed by atoms with E-state index in [1.165, 1.54) is 25.7 Å². The Labute approximate surface area is 182 Å². The van der Waals surface area contributed by atoms with Crippen molar-refractivity contribution in [1.29, 1.82) is 0 Å². The van der Waals surface area contributed by atoms with Gasteiger partial charge in [0.15, 0.2) is 5.65 Å². The first kappa shape index (κ1) is 20.2. The van der Waals surface area contributed by atoms with Crippen LogP contribution in [-0.4, -0.2) is 54.7 Å². The molecule has 164 valence electrons. The molecule has 1 unspecified atom stereocenters. The lowest BCUT2D eigenvalue weighted by atomic mass is 10.0. The van der Waals surface area contributed by atoms with E-state index in [-0.39, 0.29) is 12.0 Å². The Bertz CT molecular complexity index is 1080. The average Bonchev–Trinajstić information content (AvgIpc) is 3.50. The van der Waals surface area contributed by atoms with E-state index in [0.29, 0.717) is 38.6 Å². The molecular weight excluding hydrogens is 392 g/mol. The third-order valence-electron chi connectivity index (χ3n) is 6.78. The van der Waals surface area contributed by atoms with Crippen LogP contribution in [0.1, 0.15) is 61.0 Å². The zero-order chi connectivity index (χ0) is 21.4. The minimum atomic E-state index is -0.200. The van der Waals surface area contributed by atoms with Crippen LogP contribution in [-0.2, 0) is 16.1 Å². The maximum atomic E-state index is 12.9. The number of carbonyl (C=O) groups excluding carboxylic acids is 1. The molecule has 8 heteroatoms. The third-order valence-corrected chi connectivity index (χ3v) is 6.78. The maximum Gasteiger partial charge on any atom is 0.223 e. The Morgan fingerprint density at radius 3 is 2.81 bits per heavy atom. The lowest BCUT2D eigenvalue weighted by molar-refractivity contribution is -0.140. The van der Waals surface area contributed by atoms with Gasteiger partial charge in [-0.15, -0.1) is 0 Å². The molecule has 1 atom stereocenters. The van der Waals surface area contributed by atoms with Crippen LogP contribution in [0.4, 0.5) is 0 Å². The SMILES string of the molecule is Cc1nn2c(C3CN(C(=O)CC4CCCC4)CCO3)ccnc2c1Cn1ccnc1C. The lowest BCUT2D eigenvalue weighted by Crippen LogP contribution is -2.43. The van der Waals surface area contributed by atoms with E-state index in [1.807, 2.05) is 47.9 Å². The highest BCUT2D eigenvalue weighted by Crippen LogP contribution is 2.30. The Hall–Kier alpha value is -2.74. The second-order valence-electron chi connectivity index (χ2n) is 8.83. The van der Waals surface area contributed by atoms with E-state index < -0.39 is 0 Å². The summed E-state index contributed by atoms with van der Waals surface area (Å²) in [5.41, 5.74) is 3.80. The summed E-state index contributed by atoms with van der Waals surface area (Å²) in [4.78, 5) is 23.8. The minimum absolute atomic E-state index is 0.200. The molecule has 2 aliphatic rings. The van der Waals surface area contributed by atoms with Crippen molar-refractivity contribution in [1.82, 2.24) is 29.0 Å². The Morgan fingerprint density at radius 1 is 1.19 bits per heavy atom. The number of hydrogen-bond donors (Lipinski definition) is 0. The van der Waals surface area contributed by atoms with Crippen LogP contribution in [0.15, 0.2) is 24.7 Å². The van der Waals surface area contributed by atoms with Crippen molar-refractivity contribution < 1.29 is 9.53 Å². The molecule has 1 saturated heterocycles. The van der Waals surface area contributed by atoms with Gasteiger partial charge in [-0.3, -0.25) is 4.79 Å². The Kier molecular flexibility index (Phi) is 5.48. The van der Waals surface area contributed by atoms with Crippen LogP contribution in [0.2, 0.25) is 0 Å². The van der Waals surface area contributed by atoms with Crippen LogP contribution < -0.4 is 0 Å². The van der Waals surface area contributed by atoms with Gasteiger partial charge in [-0.25, -0.2) is 14.5 Å². The number of carbonyl (C=O) groups is 1. The second-order valence-corrected chi connectivity index (χ2v) is 8.83. The molecule has 3 aromatic heterocycles. The number of aromatic nitrogens is 5. The molecule has 1 saturated carbocycles.